The summed E-state index contributed by atoms with van der Waals surface area (Å²) in [5, 5.41) is 11.0. The highest BCUT2D eigenvalue weighted by molar-refractivity contribution is 6.04. The van der Waals surface area contributed by atoms with Crippen LogP contribution < -0.4 is 5.32 Å². The Balaban J connectivity index is 2.51. The molecule has 0 heterocycles. The van der Waals surface area contributed by atoms with Gasteiger partial charge in [0.05, 0.1) is 6.42 Å². The van der Waals surface area contributed by atoms with E-state index in [9.17, 15) is 9.59 Å². The third-order valence-electron chi connectivity index (χ3n) is 1.87. The molecule has 2 N–H and O–H groups in total. The number of carbonyl (C=O) groups excluding carboxylic acids is 2. The van der Waals surface area contributed by atoms with E-state index in [1.807, 2.05) is 19.1 Å². The molecule has 1 aromatic rings. The minimum absolute atomic E-state index is 0.287. The van der Waals surface area contributed by atoms with E-state index in [1.165, 1.54) is 0 Å². The van der Waals surface area contributed by atoms with Crippen molar-refractivity contribution in [3.63, 3.8) is 0 Å². The van der Waals surface area contributed by atoms with Crippen molar-refractivity contribution in [1.82, 2.24) is 0 Å². The highest BCUT2D eigenvalue weighted by Crippen LogP contribution is 2.08. The molecule has 0 atom stereocenters. The molecule has 0 aliphatic heterocycles. The van der Waals surface area contributed by atoms with Crippen molar-refractivity contribution >= 4 is 17.4 Å². The van der Waals surface area contributed by atoms with Crippen LogP contribution in [-0.4, -0.2) is 23.4 Å². The fourth-order valence-corrected chi connectivity index (χ4v) is 1.08. The van der Waals surface area contributed by atoms with Crippen LogP contribution in [0.2, 0.25) is 0 Å². The van der Waals surface area contributed by atoms with Crippen LogP contribution in [0.25, 0.3) is 0 Å². The number of anilines is 1. The number of aryl methyl sites for hydroxylation is 1. The SMILES string of the molecule is Cc1ccc(NC(=O)CC(=O)CO)cc1. The minimum Gasteiger partial charge on any atom is -0.389 e. The van der Waals surface area contributed by atoms with E-state index in [0.29, 0.717) is 5.69 Å². The second-order valence-electron chi connectivity index (χ2n) is 3.29. The Kier molecular flexibility index (Phi) is 4.00. The number of amides is 1. The molecule has 0 aromatic heterocycles. The number of benzene rings is 1. The summed E-state index contributed by atoms with van der Waals surface area (Å²) in [4.78, 5) is 22.0. The summed E-state index contributed by atoms with van der Waals surface area (Å²) in [6.07, 6.45) is -0.287. The lowest BCUT2D eigenvalue weighted by Gasteiger charge is -2.03. The molecular weight excluding hydrogens is 194 g/mol. The van der Waals surface area contributed by atoms with Gasteiger partial charge in [0, 0.05) is 5.69 Å². The molecule has 0 aliphatic rings. The molecule has 0 saturated carbocycles. The Bertz CT molecular complexity index is 357. The van der Waals surface area contributed by atoms with Crippen molar-refractivity contribution in [3.8, 4) is 0 Å². The van der Waals surface area contributed by atoms with Gasteiger partial charge in [0.2, 0.25) is 5.91 Å². The molecule has 0 aliphatic carbocycles. The lowest BCUT2D eigenvalue weighted by Crippen LogP contribution is -2.18. The Morgan fingerprint density at radius 3 is 2.40 bits per heavy atom. The summed E-state index contributed by atoms with van der Waals surface area (Å²) >= 11 is 0. The Morgan fingerprint density at radius 1 is 1.27 bits per heavy atom. The number of hydrogen-bond acceptors (Lipinski definition) is 3. The maximum atomic E-state index is 11.2. The predicted molar refractivity (Wildman–Crippen MR) is 56.5 cm³/mol. The van der Waals surface area contributed by atoms with Crippen LogP contribution in [0.15, 0.2) is 24.3 Å². The zero-order valence-electron chi connectivity index (χ0n) is 8.49. The van der Waals surface area contributed by atoms with E-state index >= 15 is 0 Å². The van der Waals surface area contributed by atoms with Crippen LogP contribution in [0.3, 0.4) is 0 Å². The Hall–Kier alpha value is -1.68. The molecule has 0 spiro atoms. The molecule has 80 valence electrons. The van der Waals surface area contributed by atoms with Gasteiger partial charge in [0.25, 0.3) is 0 Å². The smallest absolute Gasteiger partial charge is 0.231 e. The van der Waals surface area contributed by atoms with E-state index in [-0.39, 0.29) is 6.42 Å². The van der Waals surface area contributed by atoms with Gasteiger partial charge in [0.15, 0.2) is 5.78 Å². The van der Waals surface area contributed by atoms with Crippen LogP contribution in [0.4, 0.5) is 5.69 Å². The van der Waals surface area contributed by atoms with Gasteiger partial charge in [-0.05, 0) is 19.1 Å². The van der Waals surface area contributed by atoms with E-state index in [0.717, 1.165) is 5.56 Å². The van der Waals surface area contributed by atoms with Crippen molar-refractivity contribution < 1.29 is 14.7 Å². The molecule has 1 amide bonds. The quantitative estimate of drug-likeness (QED) is 0.720. The number of nitrogens with one attached hydrogen (secondary N) is 1. The largest absolute Gasteiger partial charge is 0.389 e. The number of ketones is 1. The first-order valence-corrected chi connectivity index (χ1v) is 4.61. The fourth-order valence-electron chi connectivity index (χ4n) is 1.08. The van der Waals surface area contributed by atoms with Crippen molar-refractivity contribution in [3.05, 3.63) is 29.8 Å². The molecule has 0 radical (unpaired) electrons. The lowest BCUT2D eigenvalue weighted by atomic mass is 10.2. The van der Waals surface area contributed by atoms with E-state index < -0.39 is 18.3 Å². The van der Waals surface area contributed by atoms with Crippen LogP contribution in [0.5, 0.6) is 0 Å². The first-order valence-electron chi connectivity index (χ1n) is 4.61. The summed E-state index contributed by atoms with van der Waals surface area (Å²) in [7, 11) is 0. The maximum absolute atomic E-state index is 11.2. The van der Waals surface area contributed by atoms with Gasteiger partial charge in [-0.25, -0.2) is 0 Å². The van der Waals surface area contributed by atoms with E-state index in [2.05, 4.69) is 5.32 Å². The third-order valence-corrected chi connectivity index (χ3v) is 1.87. The Morgan fingerprint density at radius 2 is 1.87 bits per heavy atom. The number of rotatable bonds is 4. The number of Topliss-reactive ketones (excluding diaryl/α,β-unsaturated/α-hetero) is 1. The predicted octanol–water partition coefficient (Wildman–Crippen LogP) is 0.885. The molecule has 1 aromatic carbocycles. The monoisotopic (exact) mass is 207 g/mol. The average molecular weight is 207 g/mol. The van der Waals surface area contributed by atoms with Crippen LogP contribution in [0.1, 0.15) is 12.0 Å². The van der Waals surface area contributed by atoms with E-state index in [4.69, 9.17) is 5.11 Å². The van der Waals surface area contributed by atoms with Crippen molar-refractivity contribution in [2.24, 2.45) is 0 Å². The topological polar surface area (TPSA) is 66.4 Å². The molecule has 0 fully saturated rings. The standard InChI is InChI=1S/C11H13NO3/c1-8-2-4-9(5-3-8)12-11(15)6-10(14)7-13/h2-5,13H,6-7H2,1H3,(H,12,15). The van der Waals surface area contributed by atoms with Crippen molar-refractivity contribution in [2.45, 2.75) is 13.3 Å². The summed E-state index contributed by atoms with van der Waals surface area (Å²) in [6, 6.07) is 7.25. The van der Waals surface area contributed by atoms with Gasteiger partial charge in [-0.2, -0.15) is 0 Å². The van der Waals surface area contributed by atoms with Gasteiger partial charge < -0.3 is 10.4 Å². The summed E-state index contributed by atoms with van der Waals surface area (Å²) < 4.78 is 0. The molecule has 0 saturated heterocycles. The van der Waals surface area contributed by atoms with Crippen LogP contribution >= 0.6 is 0 Å². The third kappa shape index (κ3) is 3.91. The van der Waals surface area contributed by atoms with E-state index in [1.54, 1.807) is 12.1 Å². The number of carbonyl (C=O) groups is 2. The molecule has 4 nitrogen and oxygen atoms in total. The van der Waals surface area contributed by atoms with Gasteiger partial charge >= 0.3 is 0 Å². The maximum Gasteiger partial charge on any atom is 0.231 e. The number of aliphatic hydroxyl groups excluding tert-OH is 1. The minimum atomic E-state index is -0.596. The second-order valence-corrected chi connectivity index (χ2v) is 3.29. The summed E-state index contributed by atoms with van der Waals surface area (Å²) in [5.41, 5.74) is 1.75. The summed E-state index contributed by atoms with van der Waals surface area (Å²) in [5.74, 6) is -0.891. The zero-order valence-corrected chi connectivity index (χ0v) is 8.49. The van der Waals surface area contributed by atoms with Gasteiger partial charge in [-0.3, -0.25) is 9.59 Å². The highest BCUT2D eigenvalue weighted by atomic mass is 16.3. The lowest BCUT2D eigenvalue weighted by molar-refractivity contribution is -0.127. The molecule has 15 heavy (non-hydrogen) atoms. The normalized spacial score (nSPS) is 9.73. The van der Waals surface area contributed by atoms with Gasteiger partial charge in [-0.15, -0.1) is 0 Å². The highest BCUT2D eigenvalue weighted by Gasteiger charge is 2.07. The van der Waals surface area contributed by atoms with Gasteiger partial charge in [-0.1, -0.05) is 17.7 Å². The second kappa shape index (κ2) is 5.26. The van der Waals surface area contributed by atoms with Crippen molar-refractivity contribution in [1.29, 1.82) is 0 Å². The first kappa shape index (κ1) is 11.4. The number of hydrogen-bond donors (Lipinski definition) is 2. The van der Waals surface area contributed by atoms with Crippen LogP contribution in [0, 0.1) is 6.92 Å². The summed E-state index contributed by atoms with van der Waals surface area (Å²) in [6.45, 7) is 1.35. The zero-order chi connectivity index (χ0) is 11.3. The Labute approximate surface area is 87.9 Å². The fraction of sp³-hybridized carbons (Fsp3) is 0.273. The first-order chi connectivity index (χ1) is 7.11. The van der Waals surface area contributed by atoms with Gasteiger partial charge in [0.1, 0.15) is 6.61 Å². The van der Waals surface area contributed by atoms with Crippen LogP contribution in [-0.2, 0) is 9.59 Å². The molecular formula is C11H13NO3. The average Bonchev–Trinajstić information content (AvgIpc) is 2.21. The molecule has 4 heteroatoms. The molecule has 1 rings (SSSR count). The number of aliphatic hydroxyl groups is 1. The van der Waals surface area contributed by atoms with Crippen molar-refractivity contribution in [2.75, 3.05) is 11.9 Å². The molecule has 0 bridgehead atoms. The molecule has 0 unspecified atom stereocenters.